The molecule has 2 aliphatic rings. The van der Waals surface area contributed by atoms with E-state index in [1.807, 2.05) is 17.9 Å². The van der Waals surface area contributed by atoms with Gasteiger partial charge in [-0.1, -0.05) is 23.2 Å². The van der Waals surface area contributed by atoms with Crippen LogP contribution < -0.4 is 0 Å². The molecule has 2 aromatic rings. The van der Waals surface area contributed by atoms with E-state index in [1.54, 1.807) is 18.2 Å². The van der Waals surface area contributed by atoms with Gasteiger partial charge in [-0.3, -0.25) is 4.79 Å². The molecule has 128 valence electrons. The zero-order chi connectivity index (χ0) is 17.6. The third kappa shape index (κ3) is 2.50. The normalized spacial score (nSPS) is 25.0. The second-order valence-electron chi connectivity index (χ2n) is 6.88. The molecule has 2 fully saturated rings. The van der Waals surface area contributed by atoms with Crippen LogP contribution in [0.25, 0.3) is 0 Å². The lowest BCUT2D eigenvalue weighted by Crippen LogP contribution is -2.35. The Morgan fingerprint density at radius 3 is 3.08 bits per heavy atom. The van der Waals surface area contributed by atoms with Crippen LogP contribution in [-0.2, 0) is 5.41 Å². The number of halogens is 1. The van der Waals surface area contributed by atoms with E-state index >= 15 is 0 Å². The highest BCUT2D eigenvalue weighted by Gasteiger charge is 2.55. The van der Waals surface area contributed by atoms with Crippen LogP contribution in [0.1, 0.15) is 46.9 Å². The molecule has 2 heterocycles. The molecule has 1 saturated heterocycles. The lowest BCUT2D eigenvalue weighted by atomic mass is 9.80. The van der Waals surface area contributed by atoms with Gasteiger partial charge >= 0.3 is 0 Å². The fourth-order valence-electron chi connectivity index (χ4n) is 4.22. The summed E-state index contributed by atoms with van der Waals surface area (Å²) in [4.78, 5) is 19.2. The molecule has 0 radical (unpaired) electrons. The van der Waals surface area contributed by atoms with Crippen molar-refractivity contribution in [2.24, 2.45) is 5.92 Å². The van der Waals surface area contributed by atoms with Crippen LogP contribution in [0.2, 0.25) is 5.02 Å². The van der Waals surface area contributed by atoms with E-state index < -0.39 is 0 Å². The summed E-state index contributed by atoms with van der Waals surface area (Å²) >= 11 is 5.97. The minimum absolute atomic E-state index is 0.0850. The van der Waals surface area contributed by atoms with E-state index in [0.717, 1.165) is 19.3 Å². The van der Waals surface area contributed by atoms with Crippen molar-refractivity contribution in [2.75, 3.05) is 13.1 Å². The van der Waals surface area contributed by atoms with Gasteiger partial charge in [-0.25, -0.2) is 0 Å². The predicted molar refractivity (Wildman–Crippen MR) is 90.1 cm³/mol. The molecule has 25 heavy (non-hydrogen) atoms. The van der Waals surface area contributed by atoms with Gasteiger partial charge in [0.15, 0.2) is 5.82 Å². The van der Waals surface area contributed by atoms with Gasteiger partial charge in [0.1, 0.15) is 6.07 Å². The minimum Gasteiger partial charge on any atom is -0.339 e. The van der Waals surface area contributed by atoms with Crippen molar-refractivity contribution in [3.8, 4) is 6.07 Å². The van der Waals surface area contributed by atoms with E-state index in [0.29, 0.717) is 46.9 Å². The fraction of sp³-hybridized carbons (Fsp3) is 0.444. The topological polar surface area (TPSA) is 83.0 Å². The first-order chi connectivity index (χ1) is 12.0. The fourth-order valence-corrected chi connectivity index (χ4v) is 4.38. The number of fused-ring (bicyclic) bond motifs is 1. The van der Waals surface area contributed by atoms with Crippen LogP contribution in [0.15, 0.2) is 22.7 Å². The third-order valence-electron chi connectivity index (χ3n) is 5.45. The van der Waals surface area contributed by atoms with Gasteiger partial charge in [-0.15, -0.1) is 0 Å². The molecule has 0 unspecified atom stereocenters. The van der Waals surface area contributed by atoms with Gasteiger partial charge in [0.2, 0.25) is 5.89 Å². The Balaban J connectivity index is 1.63. The van der Waals surface area contributed by atoms with Gasteiger partial charge < -0.3 is 9.42 Å². The molecule has 7 heteroatoms. The first-order valence-electron chi connectivity index (χ1n) is 8.33. The van der Waals surface area contributed by atoms with Crippen LogP contribution in [0, 0.1) is 24.2 Å². The molecular weight excluding hydrogens is 340 g/mol. The van der Waals surface area contributed by atoms with Crippen molar-refractivity contribution >= 4 is 17.5 Å². The maximum Gasteiger partial charge on any atom is 0.253 e. The Kier molecular flexibility index (Phi) is 3.77. The van der Waals surface area contributed by atoms with Crippen molar-refractivity contribution in [1.29, 1.82) is 5.26 Å². The molecular formula is C18H17ClN4O2. The summed E-state index contributed by atoms with van der Waals surface area (Å²) in [5, 5.41) is 13.4. The number of benzene rings is 1. The smallest absolute Gasteiger partial charge is 0.253 e. The lowest BCUT2D eigenvalue weighted by molar-refractivity contribution is 0.0775. The first-order valence-corrected chi connectivity index (χ1v) is 8.71. The molecule has 2 atom stereocenters. The molecule has 1 saturated carbocycles. The second kappa shape index (κ2) is 5.85. The molecule has 1 aliphatic heterocycles. The monoisotopic (exact) mass is 356 g/mol. The number of likely N-dealkylation sites (tertiary alicyclic amines) is 1. The van der Waals surface area contributed by atoms with Crippen LogP contribution in [0.3, 0.4) is 0 Å². The minimum atomic E-state index is -0.235. The van der Waals surface area contributed by atoms with Gasteiger partial charge in [0.25, 0.3) is 5.91 Å². The highest BCUT2D eigenvalue weighted by molar-refractivity contribution is 6.31. The highest BCUT2D eigenvalue weighted by atomic mass is 35.5. The van der Waals surface area contributed by atoms with E-state index in [9.17, 15) is 4.79 Å². The van der Waals surface area contributed by atoms with Crippen LogP contribution in [0.4, 0.5) is 0 Å². The van der Waals surface area contributed by atoms with Crippen molar-refractivity contribution < 1.29 is 9.32 Å². The highest BCUT2D eigenvalue weighted by Crippen LogP contribution is 2.50. The second-order valence-corrected chi connectivity index (χ2v) is 7.29. The summed E-state index contributed by atoms with van der Waals surface area (Å²) in [6.07, 6.45) is 3.11. The van der Waals surface area contributed by atoms with Crippen LogP contribution >= 0.6 is 11.6 Å². The Labute approximate surface area is 150 Å². The number of nitrogens with zero attached hydrogens (tertiary/aromatic N) is 4. The molecule has 6 nitrogen and oxygen atoms in total. The number of amides is 1. The Morgan fingerprint density at radius 1 is 1.52 bits per heavy atom. The summed E-state index contributed by atoms with van der Waals surface area (Å²) < 4.78 is 5.48. The van der Waals surface area contributed by atoms with Crippen molar-refractivity contribution in [3.63, 3.8) is 0 Å². The van der Waals surface area contributed by atoms with Gasteiger partial charge in [-0.2, -0.15) is 10.2 Å². The van der Waals surface area contributed by atoms with Crippen molar-refractivity contribution in [2.45, 2.75) is 31.6 Å². The number of hydrogen-bond acceptors (Lipinski definition) is 5. The molecule has 4 rings (SSSR count). The summed E-state index contributed by atoms with van der Waals surface area (Å²) in [7, 11) is 0. The number of nitriles is 1. The first kappa shape index (κ1) is 16.1. The summed E-state index contributed by atoms with van der Waals surface area (Å²) in [5.74, 6) is 1.52. The van der Waals surface area contributed by atoms with Gasteiger partial charge in [0, 0.05) is 18.7 Å². The zero-order valence-corrected chi connectivity index (χ0v) is 14.6. The Bertz CT molecular complexity index is 887. The summed E-state index contributed by atoms with van der Waals surface area (Å²) in [6, 6.07) is 6.85. The standard InChI is InChI=1S/C18H17ClN4O2/c1-11-21-17(25-22-11)18-6-2-3-14(18)9-23(10-18)16(24)12-4-5-15(19)13(7-12)8-20/h4-5,7,14H,2-3,6,9-10H2,1H3/t14-,18-/m0/s1. The number of carbonyl (C=O) groups excluding carboxylic acids is 1. The molecule has 1 aliphatic carbocycles. The average Bonchev–Trinajstić information content (AvgIpc) is 3.28. The van der Waals surface area contributed by atoms with Crippen LogP contribution in [-0.4, -0.2) is 34.0 Å². The number of aryl methyl sites for hydroxylation is 1. The molecule has 0 N–H and O–H groups in total. The molecule has 0 bridgehead atoms. The van der Waals surface area contributed by atoms with E-state index in [1.165, 1.54) is 0 Å². The summed E-state index contributed by atoms with van der Waals surface area (Å²) in [6.45, 7) is 3.05. The van der Waals surface area contributed by atoms with Gasteiger partial charge in [-0.05, 0) is 43.9 Å². The van der Waals surface area contributed by atoms with E-state index in [-0.39, 0.29) is 11.3 Å². The molecule has 1 aromatic carbocycles. The summed E-state index contributed by atoms with van der Waals surface area (Å²) in [5.41, 5.74) is 0.563. The third-order valence-corrected chi connectivity index (χ3v) is 5.77. The van der Waals surface area contributed by atoms with E-state index in [4.69, 9.17) is 21.4 Å². The molecule has 0 spiro atoms. The Morgan fingerprint density at radius 2 is 2.36 bits per heavy atom. The van der Waals surface area contributed by atoms with Crippen LogP contribution in [0.5, 0.6) is 0 Å². The van der Waals surface area contributed by atoms with Gasteiger partial charge in [0.05, 0.1) is 16.0 Å². The SMILES string of the molecule is Cc1noc([C@]23CCC[C@H]2CN(C(=O)c2ccc(Cl)c(C#N)c2)C3)n1. The van der Waals surface area contributed by atoms with Crippen molar-refractivity contribution in [1.82, 2.24) is 15.0 Å². The maximum atomic E-state index is 12.9. The maximum absolute atomic E-state index is 12.9. The number of carbonyl (C=O) groups is 1. The number of rotatable bonds is 2. The molecule has 1 amide bonds. The quantitative estimate of drug-likeness (QED) is 0.825. The zero-order valence-electron chi connectivity index (χ0n) is 13.8. The molecule has 1 aromatic heterocycles. The Hall–Kier alpha value is -2.39. The van der Waals surface area contributed by atoms with E-state index in [2.05, 4.69) is 10.1 Å². The number of aromatic nitrogens is 2. The number of hydrogen-bond donors (Lipinski definition) is 0. The lowest BCUT2D eigenvalue weighted by Gasteiger charge is -2.24. The predicted octanol–water partition coefficient (Wildman–Crippen LogP) is 3.10. The van der Waals surface area contributed by atoms with Crippen molar-refractivity contribution in [3.05, 3.63) is 46.1 Å². The average molecular weight is 357 g/mol. The largest absolute Gasteiger partial charge is 0.339 e.